The van der Waals surface area contributed by atoms with Crippen LogP contribution < -0.4 is 10.2 Å². The number of benzene rings is 1. The lowest BCUT2D eigenvalue weighted by atomic mass is 9.79. The molecular formula is C30H41F3N4O3S. The number of carbonyl (C=O) groups excluding carboxylic acids is 2. The minimum Gasteiger partial charge on any atom is -0.383 e. The average Bonchev–Trinajstić information content (AvgIpc) is 3.25. The van der Waals surface area contributed by atoms with E-state index in [1.54, 1.807) is 30.9 Å². The van der Waals surface area contributed by atoms with Gasteiger partial charge in [-0.1, -0.05) is 18.0 Å². The topological polar surface area (TPSA) is 74.2 Å². The molecule has 1 spiro atoms. The zero-order chi connectivity index (χ0) is 29.6. The van der Waals surface area contributed by atoms with Crippen molar-refractivity contribution in [3.63, 3.8) is 0 Å². The molecule has 41 heavy (non-hydrogen) atoms. The van der Waals surface area contributed by atoms with Crippen molar-refractivity contribution in [2.75, 3.05) is 38.3 Å². The Bertz CT molecular complexity index is 1140. The Balaban J connectivity index is 1.26. The van der Waals surface area contributed by atoms with Gasteiger partial charge in [0.2, 0.25) is 5.91 Å². The molecule has 2 aliphatic heterocycles. The molecule has 0 atom stereocenters. The van der Waals surface area contributed by atoms with Crippen LogP contribution in [0.25, 0.3) is 6.08 Å². The van der Waals surface area contributed by atoms with E-state index in [2.05, 4.69) is 15.7 Å². The second-order valence-electron chi connectivity index (χ2n) is 11.4. The lowest BCUT2D eigenvalue weighted by molar-refractivity contribution is -0.138. The monoisotopic (exact) mass is 594 g/mol. The first kappa shape index (κ1) is 31.6. The fourth-order valence-corrected chi connectivity index (χ4v) is 6.76. The number of carbonyl (C=O) groups is 2. The van der Waals surface area contributed by atoms with E-state index in [9.17, 15) is 22.8 Å². The van der Waals surface area contributed by atoms with Crippen molar-refractivity contribution in [1.82, 2.24) is 9.62 Å². The van der Waals surface area contributed by atoms with E-state index in [0.717, 1.165) is 61.4 Å². The Morgan fingerprint density at radius 2 is 1.95 bits per heavy atom. The number of amides is 2. The molecule has 1 aliphatic carbocycles. The van der Waals surface area contributed by atoms with Crippen LogP contribution in [-0.2, 0) is 14.3 Å². The van der Waals surface area contributed by atoms with Gasteiger partial charge in [0.25, 0.3) is 5.91 Å². The van der Waals surface area contributed by atoms with Gasteiger partial charge >= 0.3 is 6.18 Å². The van der Waals surface area contributed by atoms with Gasteiger partial charge in [-0.05, 0) is 92.5 Å². The van der Waals surface area contributed by atoms with Gasteiger partial charge in [-0.3, -0.25) is 14.6 Å². The molecule has 0 aromatic heterocycles. The first-order chi connectivity index (χ1) is 19.5. The summed E-state index contributed by atoms with van der Waals surface area (Å²) in [5.74, 6) is 0.920. The summed E-state index contributed by atoms with van der Waals surface area (Å²) < 4.78 is 45.1. The molecule has 226 valence electrons. The zero-order valence-electron chi connectivity index (χ0n) is 24.1. The van der Waals surface area contributed by atoms with E-state index < -0.39 is 18.1 Å². The van der Waals surface area contributed by atoms with Crippen LogP contribution in [0.15, 0.2) is 28.6 Å². The molecule has 3 aliphatic rings. The van der Waals surface area contributed by atoms with Crippen LogP contribution in [0.3, 0.4) is 0 Å². The summed E-state index contributed by atoms with van der Waals surface area (Å²) in [5, 5.41) is 5.08. The van der Waals surface area contributed by atoms with Crippen LogP contribution >= 0.6 is 11.9 Å². The van der Waals surface area contributed by atoms with Crippen molar-refractivity contribution in [2.24, 2.45) is 16.8 Å². The van der Waals surface area contributed by atoms with Crippen LogP contribution in [0.2, 0.25) is 0 Å². The van der Waals surface area contributed by atoms with E-state index in [0.29, 0.717) is 26.0 Å². The fraction of sp³-hybridized carbons (Fsp3) is 0.633. The molecule has 2 amide bonds. The Morgan fingerprint density at radius 3 is 2.56 bits per heavy atom. The maximum atomic E-state index is 13.0. The summed E-state index contributed by atoms with van der Waals surface area (Å²) >= 11 is 1.62. The van der Waals surface area contributed by atoms with Crippen molar-refractivity contribution < 1.29 is 27.5 Å². The number of anilines is 1. The molecule has 1 saturated heterocycles. The molecule has 1 aromatic carbocycles. The Kier molecular flexibility index (Phi) is 10.6. The van der Waals surface area contributed by atoms with Gasteiger partial charge < -0.3 is 15.0 Å². The number of aryl methyl sites for hydroxylation is 1. The number of alkyl halides is 3. The summed E-state index contributed by atoms with van der Waals surface area (Å²) in [6.07, 6.45) is 1.80. The third-order valence-electron chi connectivity index (χ3n) is 8.54. The predicted molar refractivity (Wildman–Crippen MR) is 158 cm³/mol. The molecular weight excluding hydrogens is 553 g/mol. The van der Waals surface area contributed by atoms with Crippen molar-refractivity contribution in [1.29, 1.82) is 0 Å². The zero-order valence-corrected chi connectivity index (χ0v) is 25.0. The van der Waals surface area contributed by atoms with Gasteiger partial charge in [0.15, 0.2) is 0 Å². The molecule has 1 N–H and O–H groups in total. The van der Waals surface area contributed by atoms with Crippen molar-refractivity contribution in [2.45, 2.75) is 76.9 Å². The van der Waals surface area contributed by atoms with Crippen LogP contribution in [-0.4, -0.2) is 67.0 Å². The van der Waals surface area contributed by atoms with Gasteiger partial charge in [0.05, 0.1) is 6.61 Å². The van der Waals surface area contributed by atoms with Crippen LogP contribution in [0, 0.1) is 18.8 Å². The van der Waals surface area contributed by atoms with Crippen molar-refractivity contribution >= 4 is 41.4 Å². The summed E-state index contributed by atoms with van der Waals surface area (Å²) in [4.78, 5) is 31.6. The molecule has 0 bridgehead atoms. The second kappa shape index (κ2) is 13.7. The van der Waals surface area contributed by atoms with Crippen LogP contribution in [0.5, 0.6) is 0 Å². The third kappa shape index (κ3) is 8.35. The third-order valence-corrected chi connectivity index (χ3v) is 9.46. The number of aliphatic imine (C=N–C) groups is 1. The number of piperidine rings is 1. The number of halogens is 3. The molecule has 2 heterocycles. The first-order valence-corrected chi connectivity index (χ1v) is 15.3. The number of nitrogens with zero attached hydrogens (tertiary/aromatic N) is 3. The molecule has 0 unspecified atom stereocenters. The molecule has 1 aromatic rings. The Labute approximate surface area is 245 Å². The Morgan fingerprint density at radius 1 is 1.24 bits per heavy atom. The normalized spacial score (nSPS) is 23.2. The van der Waals surface area contributed by atoms with Gasteiger partial charge in [0.1, 0.15) is 11.4 Å². The molecule has 4 rings (SSSR count). The van der Waals surface area contributed by atoms with Crippen molar-refractivity contribution in [3.05, 3.63) is 34.7 Å². The van der Waals surface area contributed by atoms with Crippen molar-refractivity contribution in [3.8, 4) is 0 Å². The van der Waals surface area contributed by atoms with Crippen LogP contribution in [0.4, 0.5) is 18.9 Å². The largest absolute Gasteiger partial charge is 0.389 e. The summed E-state index contributed by atoms with van der Waals surface area (Å²) in [6.45, 7) is 6.01. The van der Waals surface area contributed by atoms with Gasteiger partial charge in [-0.15, -0.1) is 0 Å². The highest BCUT2D eigenvalue weighted by Gasteiger charge is 2.47. The number of hydrogen-bond donors (Lipinski definition) is 1. The maximum Gasteiger partial charge on any atom is 0.389 e. The fourth-order valence-electron chi connectivity index (χ4n) is 5.98. The molecule has 1 saturated carbocycles. The summed E-state index contributed by atoms with van der Waals surface area (Å²) in [6, 6.07) is 5.97. The quantitative estimate of drug-likeness (QED) is 0.330. The SMILES string of the molecule is COCCN(C(C)=O)c1ccc(/C=C/SN2CCC3(CC2)N=C(C2CCC(CCC(F)(F)F)CC2)NC3=O)c(C)c1. The van der Waals surface area contributed by atoms with Gasteiger partial charge in [-0.25, -0.2) is 4.31 Å². The number of hydrogen-bond acceptors (Lipinski definition) is 6. The highest BCUT2D eigenvalue weighted by molar-refractivity contribution is 8.00. The minimum atomic E-state index is -4.09. The molecule has 7 nitrogen and oxygen atoms in total. The molecule has 11 heteroatoms. The number of nitrogens with one attached hydrogen (secondary N) is 1. The van der Waals surface area contributed by atoms with Gasteiger partial charge in [0, 0.05) is 51.7 Å². The van der Waals surface area contributed by atoms with E-state index >= 15 is 0 Å². The highest BCUT2D eigenvalue weighted by Crippen LogP contribution is 2.38. The number of rotatable bonds is 10. The van der Waals surface area contributed by atoms with E-state index in [1.165, 1.54) is 0 Å². The maximum absolute atomic E-state index is 13.0. The standard InChI is InChI=1S/C30H41F3N4O3S/c1-21-20-26(37(22(2)38)17-18-40-3)9-8-24(21)11-19-41-36-15-13-29(14-16-36)28(39)34-27(35-29)25-6-4-23(5-7-25)10-12-30(31,32)33/h8-9,11,19-20,23,25H,4-7,10,12-18H2,1-3H3,(H,34,35,39)/b19-11+. The first-order valence-electron chi connectivity index (χ1n) is 14.4. The number of methoxy groups -OCH3 is 1. The minimum absolute atomic E-state index is 0.0252. The average molecular weight is 595 g/mol. The summed E-state index contributed by atoms with van der Waals surface area (Å²) in [5.41, 5.74) is 2.27. The number of amidine groups is 1. The lowest BCUT2D eigenvalue weighted by Crippen LogP contribution is -2.47. The summed E-state index contributed by atoms with van der Waals surface area (Å²) in [7, 11) is 1.62. The smallest absolute Gasteiger partial charge is 0.383 e. The van der Waals surface area contributed by atoms with E-state index in [-0.39, 0.29) is 30.1 Å². The van der Waals surface area contributed by atoms with Crippen LogP contribution in [0.1, 0.15) is 69.4 Å². The van der Waals surface area contributed by atoms with E-state index in [1.807, 2.05) is 30.5 Å². The predicted octanol–water partition coefficient (Wildman–Crippen LogP) is 6.13. The van der Waals surface area contributed by atoms with Gasteiger partial charge in [-0.2, -0.15) is 13.2 Å². The molecule has 0 radical (unpaired) electrons. The number of ether oxygens (including phenoxy) is 1. The second-order valence-corrected chi connectivity index (χ2v) is 12.4. The van der Waals surface area contributed by atoms with E-state index in [4.69, 9.17) is 9.73 Å². The highest BCUT2D eigenvalue weighted by atomic mass is 32.2. The Hall–Kier alpha value is -2.37. The molecule has 2 fully saturated rings. The lowest BCUT2D eigenvalue weighted by Gasteiger charge is -2.34.